The highest BCUT2D eigenvalue weighted by molar-refractivity contribution is 7.92. The Labute approximate surface area is 284 Å². The van der Waals surface area contributed by atoms with E-state index in [9.17, 15) is 41.4 Å². The SMILES string of the molecule is COc1cc(F)c(-c2ccc(CCC(N)(CO)CO)c(F)c2)cc1C(=O)N[C@@H]1[C@H]2CC[C@H](C2)[C@@H]1C(=O)Nc1cccc(S(=O)(=O)C(F)(F)F)c1. The zero-order valence-electron chi connectivity index (χ0n) is 26.8. The zero-order valence-corrected chi connectivity index (χ0v) is 27.6. The van der Waals surface area contributed by atoms with Gasteiger partial charge in [-0.1, -0.05) is 18.2 Å². The van der Waals surface area contributed by atoms with Gasteiger partial charge < -0.3 is 31.3 Å². The maximum atomic E-state index is 15.3. The molecule has 0 aliphatic heterocycles. The van der Waals surface area contributed by atoms with Crippen molar-refractivity contribution in [2.75, 3.05) is 25.6 Å². The first kappa shape index (κ1) is 37.1. The van der Waals surface area contributed by atoms with Crippen LogP contribution < -0.4 is 21.1 Å². The fourth-order valence-corrected chi connectivity index (χ4v) is 7.64. The monoisotopic (exact) mass is 725 g/mol. The lowest BCUT2D eigenvalue weighted by atomic mass is 9.83. The summed E-state index contributed by atoms with van der Waals surface area (Å²) in [5.41, 5.74) is -1.02. The molecular formula is C34H36F5N3O7S. The second kappa shape index (κ2) is 14.2. The van der Waals surface area contributed by atoms with E-state index in [1.54, 1.807) is 0 Å². The van der Waals surface area contributed by atoms with E-state index in [4.69, 9.17) is 10.5 Å². The van der Waals surface area contributed by atoms with E-state index in [2.05, 4.69) is 10.6 Å². The Kier molecular flexibility index (Phi) is 10.6. The van der Waals surface area contributed by atoms with Gasteiger partial charge in [0.2, 0.25) is 5.91 Å². The number of methoxy groups -OCH3 is 1. The fraction of sp³-hybridized carbons (Fsp3) is 0.412. The minimum Gasteiger partial charge on any atom is -0.496 e. The molecule has 0 heterocycles. The van der Waals surface area contributed by atoms with Crippen molar-refractivity contribution in [3.8, 4) is 16.9 Å². The van der Waals surface area contributed by atoms with Gasteiger partial charge in [0.05, 0.1) is 42.2 Å². The molecule has 10 nitrogen and oxygen atoms in total. The average molecular weight is 726 g/mol. The van der Waals surface area contributed by atoms with Crippen LogP contribution in [0.15, 0.2) is 59.5 Å². The van der Waals surface area contributed by atoms with E-state index in [1.165, 1.54) is 31.4 Å². The van der Waals surface area contributed by atoms with Crippen molar-refractivity contribution in [1.29, 1.82) is 0 Å². The van der Waals surface area contributed by atoms with Gasteiger partial charge >= 0.3 is 5.51 Å². The van der Waals surface area contributed by atoms with Crippen LogP contribution in [-0.4, -0.2) is 67.9 Å². The first-order valence-corrected chi connectivity index (χ1v) is 17.2. The number of hydrogen-bond donors (Lipinski definition) is 5. The molecule has 0 saturated heterocycles. The van der Waals surface area contributed by atoms with E-state index < -0.39 is 74.4 Å². The Morgan fingerprint density at radius 2 is 1.68 bits per heavy atom. The van der Waals surface area contributed by atoms with Crippen molar-refractivity contribution in [2.45, 2.75) is 54.1 Å². The second-order valence-corrected chi connectivity index (χ2v) is 14.8. The number of ether oxygens (including phenoxy) is 1. The summed E-state index contributed by atoms with van der Waals surface area (Å²) in [4.78, 5) is 26.2. The highest BCUT2D eigenvalue weighted by Crippen LogP contribution is 2.49. The van der Waals surface area contributed by atoms with Crippen LogP contribution in [0.2, 0.25) is 0 Å². The molecule has 270 valence electrons. The van der Waals surface area contributed by atoms with Crippen LogP contribution in [0.4, 0.5) is 27.6 Å². The van der Waals surface area contributed by atoms with Gasteiger partial charge in [-0.3, -0.25) is 9.59 Å². The largest absolute Gasteiger partial charge is 0.501 e. The summed E-state index contributed by atoms with van der Waals surface area (Å²) in [5, 5.41) is 24.2. The van der Waals surface area contributed by atoms with Gasteiger partial charge in [0, 0.05) is 23.4 Å². The molecule has 6 N–H and O–H groups in total. The minimum atomic E-state index is -5.66. The summed E-state index contributed by atoms with van der Waals surface area (Å²) >= 11 is 0. The van der Waals surface area contributed by atoms with Crippen molar-refractivity contribution < 1.29 is 54.9 Å². The normalized spacial score (nSPS) is 20.5. The molecule has 3 aromatic carbocycles. The summed E-state index contributed by atoms with van der Waals surface area (Å²) in [6.45, 7) is -1.02. The number of hydrogen-bond acceptors (Lipinski definition) is 8. The first-order valence-electron chi connectivity index (χ1n) is 15.7. The smallest absolute Gasteiger partial charge is 0.496 e. The van der Waals surface area contributed by atoms with Crippen molar-refractivity contribution in [3.05, 3.63) is 77.4 Å². The summed E-state index contributed by atoms with van der Waals surface area (Å²) < 4.78 is 98.8. The molecule has 0 radical (unpaired) electrons. The lowest BCUT2D eigenvalue weighted by molar-refractivity contribution is -0.122. The molecule has 2 fully saturated rings. The molecule has 5 rings (SSSR count). The fourth-order valence-electron chi connectivity index (χ4n) is 6.84. The molecule has 0 unspecified atom stereocenters. The number of aryl methyl sites for hydroxylation is 1. The van der Waals surface area contributed by atoms with Crippen molar-refractivity contribution >= 4 is 27.3 Å². The predicted octanol–water partition coefficient (Wildman–Crippen LogP) is 4.33. The number of nitrogens with one attached hydrogen (secondary N) is 2. The zero-order chi connectivity index (χ0) is 36.6. The molecular weight excluding hydrogens is 689 g/mol. The Bertz CT molecular complexity index is 1890. The number of benzene rings is 3. The molecule has 2 aliphatic rings. The molecule has 2 bridgehead atoms. The van der Waals surface area contributed by atoms with Gasteiger partial charge in [0.1, 0.15) is 17.4 Å². The van der Waals surface area contributed by atoms with Crippen molar-refractivity contribution in [2.24, 2.45) is 23.5 Å². The van der Waals surface area contributed by atoms with Gasteiger partial charge in [0.15, 0.2) is 0 Å². The molecule has 4 atom stereocenters. The van der Waals surface area contributed by atoms with Gasteiger partial charge in [-0.25, -0.2) is 17.2 Å². The van der Waals surface area contributed by atoms with Gasteiger partial charge in [-0.05, 0) is 85.4 Å². The Hall–Kier alpha value is -4.12. The summed E-state index contributed by atoms with van der Waals surface area (Å²) in [5.74, 6) is -4.04. The van der Waals surface area contributed by atoms with Gasteiger partial charge in [0.25, 0.3) is 15.7 Å². The lowest BCUT2D eigenvalue weighted by Gasteiger charge is -2.31. The molecule has 2 aliphatic carbocycles. The Morgan fingerprint density at radius 1 is 0.980 bits per heavy atom. The minimum absolute atomic E-state index is 0.0753. The van der Waals surface area contributed by atoms with Crippen LogP contribution in [-0.2, 0) is 21.1 Å². The third-order valence-corrected chi connectivity index (χ3v) is 11.1. The second-order valence-electron chi connectivity index (χ2n) is 12.8. The summed E-state index contributed by atoms with van der Waals surface area (Å²) in [6, 6.07) is 9.24. The maximum Gasteiger partial charge on any atom is 0.501 e. The average Bonchev–Trinajstić information content (AvgIpc) is 3.69. The number of nitrogens with two attached hydrogens (primary N) is 1. The van der Waals surface area contributed by atoms with E-state index >= 15 is 8.78 Å². The Balaban J connectivity index is 1.37. The molecule has 0 aromatic heterocycles. The topological polar surface area (TPSA) is 168 Å². The quantitative estimate of drug-likeness (QED) is 0.172. The number of aliphatic hydroxyl groups is 2. The van der Waals surface area contributed by atoms with Crippen LogP contribution in [0.3, 0.4) is 0 Å². The third kappa shape index (κ3) is 7.33. The van der Waals surface area contributed by atoms with Gasteiger partial charge in [-0.15, -0.1) is 0 Å². The molecule has 3 aromatic rings. The van der Waals surface area contributed by atoms with Crippen molar-refractivity contribution in [1.82, 2.24) is 5.32 Å². The number of anilines is 1. The molecule has 2 amide bonds. The standard InChI is InChI=1S/C34H36F5N3O7S/c1-49-28-15-27(36)24(19-6-5-18(26(35)12-19)9-10-33(40,16-43)17-44)14-25(28)31(45)42-30-21-8-7-20(11-21)29(30)32(46)41-22-3-2-4-23(13-22)50(47,48)34(37,38)39/h2-6,12-15,20-21,29-30,43-44H,7-11,16-17,40H2,1H3,(H,41,46)(H,42,45)/t20-,21+,29+,30-/m1/s1. The Morgan fingerprint density at radius 3 is 2.32 bits per heavy atom. The van der Waals surface area contributed by atoms with Crippen molar-refractivity contribution in [3.63, 3.8) is 0 Å². The maximum absolute atomic E-state index is 15.3. The number of alkyl halides is 3. The van der Waals surface area contributed by atoms with Crippen LogP contribution in [0.5, 0.6) is 5.75 Å². The van der Waals surface area contributed by atoms with E-state index in [0.717, 1.165) is 30.3 Å². The lowest BCUT2D eigenvalue weighted by Crippen LogP contribution is -2.48. The molecule has 50 heavy (non-hydrogen) atoms. The van der Waals surface area contributed by atoms with Crippen LogP contribution in [0.1, 0.15) is 41.6 Å². The molecule has 0 spiro atoms. The van der Waals surface area contributed by atoms with E-state index in [0.29, 0.717) is 19.3 Å². The highest BCUT2D eigenvalue weighted by atomic mass is 32.2. The van der Waals surface area contributed by atoms with Crippen LogP contribution in [0, 0.1) is 29.4 Å². The van der Waals surface area contributed by atoms with Gasteiger partial charge in [-0.2, -0.15) is 13.2 Å². The number of carbonyl (C=O) groups excluding carboxylic acids is 2. The molecule has 2 saturated carbocycles. The van der Waals surface area contributed by atoms with E-state index in [1.807, 2.05) is 0 Å². The van der Waals surface area contributed by atoms with E-state index in [-0.39, 0.29) is 58.4 Å². The number of aliphatic hydroxyl groups excluding tert-OH is 2. The summed E-state index contributed by atoms with van der Waals surface area (Å²) in [6.07, 6.45) is 2.10. The molecule has 16 heteroatoms. The first-order chi connectivity index (χ1) is 23.5. The number of carbonyl (C=O) groups is 2. The number of sulfone groups is 1. The van der Waals surface area contributed by atoms with Crippen LogP contribution in [0.25, 0.3) is 11.1 Å². The number of halogens is 5. The number of amides is 2. The predicted molar refractivity (Wildman–Crippen MR) is 172 cm³/mol. The third-order valence-electron chi connectivity index (χ3n) is 9.65. The summed E-state index contributed by atoms with van der Waals surface area (Å²) in [7, 11) is -4.42. The van der Waals surface area contributed by atoms with Crippen LogP contribution >= 0.6 is 0 Å². The number of fused-ring (bicyclic) bond motifs is 2. The highest BCUT2D eigenvalue weighted by Gasteiger charge is 2.52. The number of rotatable bonds is 12.